The van der Waals surface area contributed by atoms with Crippen molar-refractivity contribution in [1.29, 1.82) is 0 Å². The third-order valence-electron chi connectivity index (χ3n) is 2.94. The van der Waals surface area contributed by atoms with E-state index in [9.17, 15) is 9.59 Å². The first kappa shape index (κ1) is 15.2. The van der Waals surface area contributed by atoms with Crippen molar-refractivity contribution in [3.05, 3.63) is 75.8 Å². The van der Waals surface area contributed by atoms with Crippen molar-refractivity contribution in [3.63, 3.8) is 0 Å². The smallest absolute Gasteiger partial charge is 0.251 e. The Labute approximate surface area is 131 Å². The first-order chi connectivity index (χ1) is 10.1. The Kier molecular flexibility index (Phi) is 5.06. The Balaban J connectivity index is 2.10. The van der Waals surface area contributed by atoms with Crippen molar-refractivity contribution in [2.45, 2.75) is 0 Å². The highest BCUT2D eigenvalue weighted by atomic mass is 79.9. The second-order valence-corrected chi connectivity index (χ2v) is 5.32. The standard InChI is InChI=1S/C17H14BrNO2/c1-19-17(21)13-8-5-12(6-9-13)7-10-16(20)14-3-2-4-15(18)11-14/h2-11H,1H3,(H,19,21). The van der Waals surface area contributed by atoms with Crippen LogP contribution < -0.4 is 5.32 Å². The van der Waals surface area contributed by atoms with Gasteiger partial charge in [0.15, 0.2) is 5.78 Å². The minimum absolute atomic E-state index is 0.0633. The Morgan fingerprint density at radius 2 is 1.76 bits per heavy atom. The lowest BCUT2D eigenvalue weighted by molar-refractivity contribution is 0.0962. The van der Waals surface area contributed by atoms with Gasteiger partial charge in [-0.15, -0.1) is 0 Å². The van der Waals surface area contributed by atoms with E-state index in [4.69, 9.17) is 0 Å². The summed E-state index contributed by atoms with van der Waals surface area (Å²) in [6.45, 7) is 0. The van der Waals surface area contributed by atoms with Crippen molar-refractivity contribution >= 4 is 33.7 Å². The van der Waals surface area contributed by atoms with E-state index in [0.717, 1.165) is 10.0 Å². The van der Waals surface area contributed by atoms with Gasteiger partial charge in [0.05, 0.1) is 0 Å². The minimum atomic E-state index is -0.129. The third-order valence-corrected chi connectivity index (χ3v) is 3.43. The first-order valence-electron chi connectivity index (χ1n) is 6.40. The first-order valence-corrected chi connectivity index (χ1v) is 7.19. The summed E-state index contributed by atoms with van der Waals surface area (Å²) in [6.07, 6.45) is 3.26. The van der Waals surface area contributed by atoms with Crippen LogP contribution in [0.25, 0.3) is 6.08 Å². The molecule has 0 saturated heterocycles. The maximum absolute atomic E-state index is 12.0. The van der Waals surface area contributed by atoms with E-state index in [1.165, 1.54) is 6.08 Å². The van der Waals surface area contributed by atoms with Crippen molar-refractivity contribution < 1.29 is 9.59 Å². The van der Waals surface area contributed by atoms with Gasteiger partial charge in [-0.1, -0.05) is 46.3 Å². The molecule has 0 heterocycles. The zero-order chi connectivity index (χ0) is 15.2. The van der Waals surface area contributed by atoms with Gasteiger partial charge in [-0.3, -0.25) is 9.59 Å². The molecule has 0 aliphatic rings. The number of carbonyl (C=O) groups excluding carboxylic acids is 2. The summed E-state index contributed by atoms with van der Waals surface area (Å²) >= 11 is 3.34. The van der Waals surface area contributed by atoms with Crippen LogP contribution in [0.2, 0.25) is 0 Å². The average Bonchev–Trinajstić information content (AvgIpc) is 2.52. The van der Waals surface area contributed by atoms with E-state index in [1.807, 2.05) is 12.1 Å². The van der Waals surface area contributed by atoms with E-state index >= 15 is 0 Å². The molecule has 0 spiro atoms. The van der Waals surface area contributed by atoms with Crippen molar-refractivity contribution in [1.82, 2.24) is 5.32 Å². The number of hydrogen-bond acceptors (Lipinski definition) is 2. The molecule has 0 radical (unpaired) electrons. The van der Waals surface area contributed by atoms with Gasteiger partial charge in [0, 0.05) is 22.6 Å². The summed E-state index contributed by atoms with van der Waals surface area (Å²) < 4.78 is 0.872. The highest BCUT2D eigenvalue weighted by Crippen LogP contribution is 2.13. The molecule has 106 valence electrons. The molecule has 0 saturated carbocycles. The summed E-state index contributed by atoms with van der Waals surface area (Å²) in [7, 11) is 1.59. The summed E-state index contributed by atoms with van der Waals surface area (Å²) in [6, 6.07) is 14.3. The molecule has 1 amide bonds. The fourth-order valence-electron chi connectivity index (χ4n) is 1.80. The van der Waals surface area contributed by atoms with Gasteiger partial charge in [-0.25, -0.2) is 0 Å². The van der Waals surface area contributed by atoms with Crippen LogP contribution in [0.1, 0.15) is 26.3 Å². The summed E-state index contributed by atoms with van der Waals surface area (Å²) in [4.78, 5) is 23.4. The summed E-state index contributed by atoms with van der Waals surface area (Å²) in [5.41, 5.74) is 2.08. The van der Waals surface area contributed by atoms with E-state index in [1.54, 1.807) is 49.5 Å². The maximum atomic E-state index is 12.0. The third kappa shape index (κ3) is 4.13. The molecule has 1 N–H and O–H groups in total. The normalized spacial score (nSPS) is 10.6. The van der Waals surface area contributed by atoms with Crippen LogP contribution in [0, 0.1) is 0 Å². The van der Waals surface area contributed by atoms with Crippen LogP contribution >= 0.6 is 15.9 Å². The largest absolute Gasteiger partial charge is 0.355 e. The molecule has 2 aromatic rings. The summed E-state index contributed by atoms with van der Waals surface area (Å²) in [5.74, 6) is -0.192. The highest BCUT2D eigenvalue weighted by Gasteiger charge is 2.03. The zero-order valence-electron chi connectivity index (χ0n) is 11.5. The van der Waals surface area contributed by atoms with Crippen LogP contribution in [0.5, 0.6) is 0 Å². The van der Waals surface area contributed by atoms with E-state index in [2.05, 4.69) is 21.2 Å². The number of ketones is 1. The zero-order valence-corrected chi connectivity index (χ0v) is 13.1. The van der Waals surface area contributed by atoms with Gasteiger partial charge in [0.2, 0.25) is 0 Å². The van der Waals surface area contributed by atoms with E-state index in [0.29, 0.717) is 11.1 Å². The molecule has 0 fully saturated rings. The molecule has 0 unspecified atom stereocenters. The number of amides is 1. The molecule has 2 aromatic carbocycles. The quantitative estimate of drug-likeness (QED) is 0.679. The molecule has 0 atom stereocenters. The van der Waals surface area contributed by atoms with Gasteiger partial charge in [-0.2, -0.15) is 0 Å². The monoisotopic (exact) mass is 343 g/mol. The van der Waals surface area contributed by atoms with Crippen LogP contribution in [-0.2, 0) is 0 Å². The molecule has 0 aliphatic carbocycles. The van der Waals surface area contributed by atoms with Crippen LogP contribution in [0.3, 0.4) is 0 Å². The van der Waals surface area contributed by atoms with Crippen LogP contribution in [0.15, 0.2) is 59.1 Å². The highest BCUT2D eigenvalue weighted by molar-refractivity contribution is 9.10. The lowest BCUT2D eigenvalue weighted by Crippen LogP contribution is -2.17. The maximum Gasteiger partial charge on any atom is 0.251 e. The molecule has 0 bridgehead atoms. The Hall–Kier alpha value is -2.20. The van der Waals surface area contributed by atoms with Crippen molar-refractivity contribution in [3.8, 4) is 0 Å². The fourth-order valence-corrected chi connectivity index (χ4v) is 2.20. The molecule has 0 aromatic heterocycles. The molecule has 21 heavy (non-hydrogen) atoms. The molecule has 2 rings (SSSR count). The number of hydrogen-bond donors (Lipinski definition) is 1. The van der Waals surface area contributed by atoms with Gasteiger partial charge >= 0.3 is 0 Å². The van der Waals surface area contributed by atoms with Gasteiger partial charge in [0.25, 0.3) is 5.91 Å². The molecular weight excluding hydrogens is 330 g/mol. The minimum Gasteiger partial charge on any atom is -0.355 e. The van der Waals surface area contributed by atoms with Gasteiger partial charge < -0.3 is 5.32 Å². The Morgan fingerprint density at radius 3 is 2.38 bits per heavy atom. The lowest BCUT2D eigenvalue weighted by Gasteiger charge is -2.00. The van der Waals surface area contributed by atoms with E-state index in [-0.39, 0.29) is 11.7 Å². The number of halogens is 1. The predicted molar refractivity (Wildman–Crippen MR) is 87.3 cm³/mol. The number of benzene rings is 2. The number of rotatable bonds is 4. The predicted octanol–water partition coefficient (Wildman–Crippen LogP) is 3.70. The lowest BCUT2D eigenvalue weighted by atomic mass is 10.1. The average molecular weight is 344 g/mol. The summed E-state index contributed by atoms with van der Waals surface area (Å²) in [5, 5.41) is 2.56. The second kappa shape index (κ2) is 6.99. The SMILES string of the molecule is CNC(=O)c1ccc(C=CC(=O)c2cccc(Br)c2)cc1. The van der Waals surface area contributed by atoms with Crippen LogP contribution in [0.4, 0.5) is 0 Å². The molecule has 3 nitrogen and oxygen atoms in total. The molecule has 0 aliphatic heterocycles. The molecule has 4 heteroatoms. The van der Waals surface area contributed by atoms with Gasteiger partial charge in [-0.05, 0) is 35.9 Å². The number of allylic oxidation sites excluding steroid dienone is 1. The van der Waals surface area contributed by atoms with Gasteiger partial charge in [0.1, 0.15) is 0 Å². The number of carbonyl (C=O) groups is 2. The second-order valence-electron chi connectivity index (χ2n) is 4.41. The number of nitrogens with one attached hydrogen (secondary N) is 1. The topological polar surface area (TPSA) is 46.2 Å². The van der Waals surface area contributed by atoms with Crippen molar-refractivity contribution in [2.24, 2.45) is 0 Å². The van der Waals surface area contributed by atoms with Crippen molar-refractivity contribution in [2.75, 3.05) is 7.05 Å². The molecular formula is C17H14BrNO2. The fraction of sp³-hybridized carbons (Fsp3) is 0.0588. The van der Waals surface area contributed by atoms with Crippen LogP contribution in [-0.4, -0.2) is 18.7 Å². The Bertz CT molecular complexity index is 690. The van der Waals surface area contributed by atoms with E-state index < -0.39 is 0 Å². The Morgan fingerprint density at radius 1 is 1.05 bits per heavy atom.